The number of fused-ring (bicyclic) bond motifs is 2. The number of rotatable bonds is 3. The van der Waals surface area contributed by atoms with Crippen molar-refractivity contribution in [3.05, 3.63) is 0 Å². The van der Waals surface area contributed by atoms with Gasteiger partial charge in [-0.25, -0.2) is 0 Å². The predicted octanol–water partition coefficient (Wildman–Crippen LogP) is 2.07. The molecule has 1 amide bonds. The number of alkyl halides is 3. The minimum absolute atomic E-state index is 0.101. The highest BCUT2D eigenvalue weighted by atomic mass is 19.4. The predicted molar refractivity (Wildman–Crippen MR) is 61.0 cm³/mol. The van der Waals surface area contributed by atoms with E-state index < -0.39 is 24.9 Å². The standard InChI is InChI=1S/C12H19F3N2O/c1-17(11(18)4-5-12(13,14)15)10-6-8-2-3-9(7-10)16-8/h8-10,16H,2-7H2,1H3. The van der Waals surface area contributed by atoms with Gasteiger partial charge in [0, 0.05) is 31.6 Å². The van der Waals surface area contributed by atoms with E-state index in [0.717, 1.165) is 25.7 Å². The van der Waals surface area contributed by atoms with Crippen LogP contribution in [0.5, 0.6) is 0 Å². The molecule has 1 N–H and O–H groups in total. The number of nitrogens with zero attached hydrogens (tertiary/aromatic N) is 1. The Morgan fingerprint density at radius 2 is 1.83 bits per heavy atom. The van der Waals surface area contributed by atoms with Crippen LogP contribution >= 0.6 is 0 Å². The number of carbonyl (C=O) groups is 1. The van der Waals surface area contributed by atoms with E-state index in [1.165, 1.54) is 4.90 Å². The first-order chi connectivity index (χ1) is 8.35. The van der Waals surface area contributed by atoms with Crippen molar-refractivity contribution >= 4 is 5.91 Å². The minimum atomic E-state index is -4.25. The molecule has 104 valence electrons. The zero-order valence-corrected chi connectivity index (χ0v) is 10.5. The van der Waals surface area contributed by atoms with Crippen molar-refractivity contribution in [2.45, 2.75) is 62.8 Å². The highest BCUT2D eigenvalue weighted by molar-refractivity contribution is 5.76. The lowest BCUT2D eigenvalue weighted by molar-refractivity contribution is -0.149. The fourth-order valence-corrected chi connectivity index (χ4v) is 2.97. The Kier molecular flexibility index (Phi) is 3.84. The van der Waals surface area contributed by atoms with Gasteiger partial charge in [-0.05, 0) is 25.7 Å². The highest BCUT2D eigenvalue weighted by Crippen LogP contribution is 2.30. The fourth-order valence-electron chi connectivity index (χ4n) is 2.97. The second kappa shape index (κ2) is 5.07. The summed E-state index contributed by atoms with van der Waals surface area (Å²) < 4.78 is 36.2. The maximum Gasteiger partial charge on any atom is 0.389 e. The van der Waals surface area contributed by atoms with Crippen molar-refractivity contribution in [3.63, 3.8) is 0 Å². The molecule has 2 fully saturated rings. The summed E-state index contributed by atoms with van der Waals surface area (Å²) >= 11 is 0. The van der Waals surface area contributed by atoms with Crippen LogP contribution in [0.25, 0.3) is 0 Å². The molecular weight excluding hydrogens is 245 g/mol. The van der Waals surface area contributed by atoms with Gasteiger partial charge in [-0.1, -0.05) is 0 Å². The van der Waals surface area contributed by atoms with Crippen molar-refractivity contribution in [1.82, 2.24) is 10.2 Å². The Morgan fingerprint density at radius 1 is 1.28 bits per heavy atom. The molecule has 0 spiro atoms. The first-order valence-electron chi connectivity index (χ1n) is 6.43. The third-order valence-electron chi connectivity index (χ3n) is 4.01. The van der Waals surface area contributed by atoms with Crippen LogP contribution in [0, 0.1) is 0 Å². The van der Waals surface area contributed by atoms with Gasteiger partial charge >= 0.3 is 6.18 Å². The fraction of sp³-hybridized carbons (Fsp3) is 0.917. The SMILES string of the molecule is CN(C(=O)CCC(F)(F)F)C1CC2CCC(C1)N2. The van der Waals surface area contributed by atoms with Gasteiger partial charge < -0.3 is 10.2 Å². The molecule has 0 aromatic rings. The van der Waals surface area contributed by atoms with Crippen LogP contribution in [-0.2, 0) is 4.79 Å². The van der Waals surface area contributed by atoms with Crippen molar-refractivity contribution < 1.29 is 18.0 Å². The average Bonchev–Trinajstić information content (AvgIpc) is 2.63. The average molecular weight is 264 g/mol. The van der Waals surface area contributed by atoms with Crippen LogP contribution in [0.15, 0.2) is 0 Å². The largest absolute Gasteiger partial charge is 0.389 e. The molecule has 0 saturated carbocycles. The molecule has 0 aliphatic carbocycles. The lowest BCUT2D eigenvalue weighted by atomic mass is 9.98. The molecule has 2 aliphatic rings. The number of hydrogen-bond donors (Lipinski definition) is 1. The Balaban J connectivity index is 1.83. The van der Waals surface area contributed by atoms with Crippen LogP contribution in [0.4, 0.5) is 13.2 Å². The van der Waals surface area contributed by atoms with E-state index >= 15 is 0 Å². The molecule has 2 unspecified atom stereocenters. The first-order valence-corrected chi connectivity index (χ1v) is 6.43. The van der Waals surface area contributed by atoms with E-state index in [4.69, 9.17) is 0 Å². The Bertz CT molecular complexity index is 307. The molecule has 2 atom stereocenters. The van der Waals surface area contributed by atoms with Crippen LogP contribution in [0.3, 0.4) is 0 Å². The number of nitrogens with one attached hydrogen (secondary N) is 1. The lowest BCUT2D eigenvalue weighted by Gasteiger charge is -2.35. The number of carbonyl (C=O) groups excluding carboxylic acids is 1. The summed E-state index contributed by atoms with van der Waals surface area (Å²) in [5.41, 5.74) is 0. The Labute approximate surface area is 105 Å². The zero-order chi connectivity index (χ0) is 13.3. The molecule has 18 heavy (non-hydrogen) atoms. The molecular formula is C12H19F3N2O. The summed E-state index contributed by atoms with van der Waals surface area (Å²) in [6.45, 7) is 0. The summed E-state index contributed by atoms with van der Waals surface area (Å²) in [5.74, 6) is -0.390. The molecule has 2 rings (SSSR count). The van der Waals surface area contributed by atoms with E-state index in [2.05, 4.69) is 5.32 Å². The third kappa shape index (κ3) is 3.37. The van der Waals surface area contributed by atoms with Crippen LogP contribution in [0.1, 0.15) is 38.5 Å². The van der Waals surface area contributed by atoms with Gasteiger partial charge in [-0.15, -0.1) is 0 Å². The van der Waals surface area contributed by atoms with E-state index in [0.29, 0.717) is 12.1 Å². The van der Waals surface area contributed by atoms with Gasteiger partial charge in [0.2, 0.25) is 5.91 Å². The Hall–Kier alpha value is -0.780. The molecule has 0 radical (unpaired) electrons. The number of piperidine rings is 1. The molecule has 3 nitrogen and oxygen atoms in total. The van der Waals surface area contributed by atoms with Crippen LogP contribution in [0.2, 0.25) is 0 Å². The van der Waals surface area contributed by atoms with Gasteiger partial charge in [-0.2, -0.15) is 13.2 Å². The normalized spacial score (nSPS) is 31.4. The van der Waals surface area contributed by atoms with Gasteiger partial charge in [-0.3, -0.25) is 4.79 Å². The summed E-state index contributed by atoms with van der Waals surface area (Å²) in [6, 6.07) is 0.975. The quantitative estimate of drug-likeness (QED) is 0.846. The molecule has 0 aromatic heterocycles. The second-order valence-electron chi connectivity index (χ2n) is 5.38. The monoisotopic (exact) mass is 264 g/mol. The number of hydrogen-bond acceptors (Lipinski definition) is 2. The Morgan fingerprint density at radius 3 is 2.33 bits per heavy atom. The summed E-state index contributed by atoms with van der Waals surface area (Å²) in [6.07, 6.45) is -1.73. The number of halogens is 3. The van der Waals surface area contributed by atoms with E-state index in [1.54, 1.807) is 7.05 Å². The van der Waals surface area contributed by atoms with Gasteiger partial charge in [0.25, 0.3) is 0 Å². The number of amides is 1. The first kappa shape index (κ1) is 13.6. The lowest BCUT2D eigenvalue weighted by Crippen LogP contribution is -2.48. The minimum Gasteiger partial charge on any atom is -0.343 e. The highest BCUT2D eigenvalue weighted by Gasteiger charge is 2.37. The van der Waals surface area contributed by atoms with E-state index in [9.17, 15) is 18.0 Å². The van der Waals surface area contributed by atoms with Crippen LogP contribution < -0.4 is 5.32 Å². The smallest absolute Gasteiger partial charge is 0.343 e. The van der Waals surface area contributed by atoms with E-state index in [1.807, 2.05) is 0 Å². The van der Waals surface area contributed by atoms with Crippen molar-refractivity contribution in [2.75, 3.05) is 7.05 Å². The molecule has 6 heteroatoms. The van der Waals surface area contributed by atoms with Gasteiger partial charge in [0.1, 0.15) is 0 Å². The maximum absolute atomic E-state index is 12.1. The topological polar surface area (TPSA) is 32.3 Å². The molecule has 2 saturated heterocycles. The molecule has 0 aromatic carbocycles. The van der Waals surface area contributed by atoms with Gasteiger partial charge in [0.05, 0.1) is 6.42 Å². The third-order valence-corrected chi connectivity index (χ3v) is 4.01. The van der Waals surface area contributed by atoms with Crippen molar-refractivity contribution in [2.24, 2.45) is 0 Å². The van der Waals surface area contributed by atoms with Crippen molar-refractivity contribution in [1.29, 1.82) is 0 Å². The summed E-state index contributed by atoms with van der Waals surface area (Å²) in [5, 5.41) is 3.45. The zero-order valence-electron chi connectivity index (χ0n) is 10.5. The summed E-state index contributed by atoms with van der Waals surface area (Å²) in [7, 11) is 1.63. The molecule has 2 aliphatic heterocycles. The second-order valence-corrected chi connectivity index (χ2v) is 5.38. The molecule has 2 heterocycles. The van der Waals surface area contributed by atoms with E-state index in [-0.39, 0.29) is 6.04 Å². The molecule has 2 bridgehead atoms. The maximum atomic E-state index is 12.1. The van der Waals surface area contributed by atoms with Crippen molar-refractivity contribution in [3.8, 4) is 0 Å². The summed E-state index contributed by atoms with van der Waals surface area (Å²) in [4.78, 5) is 13.3. The van der Waals surface area contributed by atoms with Gasteiger partial charge in [0.15, 0.2) is 0 Å². The van der Waals surface area contributed by atoms with Crippen LogP contribution in [-0.4, -0.2) is 42.2 Å².